The van der Waals surface area contributed by atoms with Crippen molar-refractivity contribution in [3.8, 4) is 0 Å². The summed E-state index contributed by atoms with van der Waals surface area (Å²) in [6.45, 7) is 1.66. The van der Waals surface area contributed by atoms with Gasteiger partial charge in [0.2, 0.25) is 5.89 Å². The Morgan fingerprint density at radius 3 is 2.84 bits per heavy atom. The fourth-order valence-corrected chi connectivity index (χ4v) is 3.61. The summed E-state index contributed by atoms with van der Waals surface area (Å²) in [6, 6.07) is 10.0. The Kier molecular flexibility index (Phi) is 3.45. The SMILES string of the molecule is OCc1cc2ccccc2nc1N1CC[C@@H](c2nc(C3CC3)no2)C1. The van der Waals surface area contributed by atoms with Crippen LogP contribution in [0.5, 0.6) is 0 Å². The Hall–Kier alpha value is -2.47. The van der Waals surface area contributed by atoms with Crippen molar-refractivity contribution >= 4 is 16.7 Å². The number of aliphatic hydroxyl groups is 1. The molecule has 3 aromatic rings. The first-order valence-corrected chi connectivity index (χ1v) is 8.90. The number of rotatable bonds is 4. The molecule has 1 aliphatic carbocycles. The molecule has 1 saturated heterocycles. The minimum atomic E-state index is -0.0132. The van der Waals surface area contributed by atoms with Crippen molar-refractivity contribution in [1.29, 1.82) is 0 Å². The summed E-state index contributed by atoms with van der Waals surface area (Å²) in [7, 11) is 0. The molecule has 2 aliphatic rings. The lowest BCUT2D eigenvalue weighted by Gasteiger charge is -2.20. The maximum Gasteiger partial charge on any atom is 0.231 e. The minimum Gasteiger partial charge on any atom is -0.392 e. The summed E-state index contributed by atoms with van der Waals surface area (Å²) in [5.41, 5.74) is 1.82. The number of hydrogen-bond acceptors (Lipinski definition) is 6. The van der Waals surface area contributed by atoms with E-state index in [9.17, 15) is 5.11 Å². The van der Waals surface area contributed by atoms with Crippen LogP contribution in [-0.4, -0.2) is 33.3 Å². The van der Waals surface area contributed by atoms with Crippen molar-refractivity contribution < 1.29 is 9.63 Å². The Labute approximate surface area is 145 Å². The number of nitrogens with zero attached hydrogens (tertiary/aromatic N) is 4. The molecule has 1 atom stereocenters. The third-order valence-electron chi connectivity index (χ3n) is 5.19. The van der Waals surface area contributed by atoms with E-state index >= 15 is 0 Å². The fourth-order valence-electron chi connectivity index (χ4n) is 3.61. The normalized spacial score (nSPS) is 20.5. The van der Waals surface area contributed by atoms with Crippen LogP contribution in [0.4, 0.5) is 5.82 Å². The van der Waals surface area contributed by atoms with E-state index in [1.165, 1.54) is 12.8 Å². The van der Waals surface area contributed by atoms with Gasteiger partial charge in [-0.3, -0.25) is 0 Å². The maximum absolute atomic E-state index is 9.78. The van der Waals surface area contributed by atoms with Crippen molar-refractivity contribution in [3.05, 3.63) is 47.6 Å². The van der Waals surface area contributed by atoms with E-state index in [0.29, 0.717) is 5.92 Å². The number of benzene rings is 1. The zero-order chi connectivity index (χ0) is 16.8. The van der Waals surface area contributed by atoms with Crippen LogP contribution in [0.15, 0.2) is 34.9 Å². The number of anilines is 1. The molecule has 2 aromatic heterocycles. The van der Waals surface area contributed by atoms with Crippen molar-refractivity contribution in [2.45, 2.75) is 37.7 Å². The van der Waals surface area contributed by atoms with Crippen molar-refractivity contribution in [3.63, 3.8) is 0 Å². The van der Waals surface area contributed by atoms with Gasteiger partial charge in [-0.2, -0.15) is 4.98 Å². The van der Waals surface area contributed by atoms with Crippen molar-refractivity contribution in [2.75, 3.05) is 18.0 Å². The van der Waals surface area contributed by atoms with E-state index in [1.54, 1.807) is 0 Å². The predicted octanol–water partition coefficient (Wildman–Crippen LogP) is 2.98. The minimum absolute atomic E-state index is 0.0132. The zero-order valence-electron chi connectivity index (χ0n) is 13.9. The average Bonchev–Trinajstić information content (AvgIpc) is 3.19. The standard InChI is InChI=1S/C19H20N4O2/c24-11-15-9-13-3-1-2-4-16(13)20-18(15)23-8-7-14(10-23)19-21-17(22-25-19)12-5-6-12/h1-4,9,12,14,24H,5-8,10-11H2/t14-/m1/s1. The molecule has 0 unspecified atom stereocenters. The lowest BCUT2D eigenvalue weighted by Crippen LogP contribution is -2.22. The molecule has 25 heavy (non-hydrogen) atoms. The van der Waals surface area contributed by atoms with Gasteiger partial charge in [0.05, 0.1) is 18.0 Å². The molecule has 1 N–H and O–H groups in total. The summed E-state index contributed by atoms with van der Waals surface area (Å²) in [5, 5.41) is 15.0. The summed E-state index contributed by atoms with van der Waals surface area (Å²) >= 11 is 0. The molecule has 6 nitrogen and oxygen atoms in total. The number of pyridine rings is 1. The molecule has 0 bridgehead atoms. The van der Waals surface area contributed by atoms with Crippen LogP contribution in [0.25, 0.3) is 10.9 Å². The van der Waals surface area contributed by atoms with Gasteiger partial charge in [-0.25, -0.2) is 4.98 Å². The van der Waals surface area contributed by atoms with Gasteiger partial charge in [0.15, 0.2) is 5.82 Å². The molecule has 3 heterocycles. The quantitative estimate of drug-likeness (QED) is 0.789. The number of aliphatic hydroxyl groups excluding tert-OH is 1. The second kappa shape index (κ2) is 5.81. The Balaban J connectivity index is 1.42. The van der Waals surface area contributed by atoms with Crippen LogP contribution >= 0.6 is 0 Å². The molecule has 1 saturated carbocycles. The van der Waals surface area contributed by atoms with E-state index in [-0.39, 0.29) is 12.5 Å². The molecule has 0 amide bonds. The smallest absolute Gasteiger partial charge is 0.231 e. The van der Waals surface area contributed by atoms with Crippen molar-refractivity contribution in [1.82, 2.24) is 15.1 Å². The molecule has 1 aromatic carbocycles. The summed E-state index contributed by atoms with van der Waals surface area (Å²) < 4.78 is 5.50. The van der Waals surface area contributed by atoms with Gasteiger partial charge in [0, 0.05) is 30.0 Å². The summed E-state index contributed by atoms with van der Waals surface area (Å²) in [6.07, 6.45) is 3.32. The van der Waals surface area contributed by atoms with Gasteiger partial charge >= 0.3 is 0 Å². The molecule has 1 aliphatic heterocycles. The van der Waals surface area contributed by atoms with E-state index in [0.717, 1.165) is 53.5 Å². The third kappa shape index (κ3) is 2.66. The summed E-state index contributed by atoms with van der Waals surface area (Å²) in [4.78, 5) is 11.6. The largest absolute Gasteiger partial charge is 0.392 e. The molecule has 128 valence electrons. The first kappa shape index (κ1) is 14.8. The lowest BCUT2D eigenvalue weighted by atomic mass is 10.1. The van der Waals surface area contributed by atoms with E-state index in [2.05, 4.69) is 15.0 Å². The van der Waals surface area contributed by atoms with Gasteiger partial charge in [-0.1, -0.05) is 23.4 Å². The molecular weight excluding hydrogens is 316 g/mol. The fraction of sp³-hybridized carbons (Fsp3) is 0.421. The van der Waals surface area contributed by atoms with Crippen LogP contribution < -0.4 is 4.90 Å². The van der Waals surface area contributed by atoms with E-state index in [4.69, 9.17) is 9.51 Å². The number of para-hydroxylation sites is 1. The monoisotopic (exact) mass is 336 g/mol. The van der Waals surface area contributed by atoms with Gasteiger partial charge in [-0.15, -0.1) is 0 Å². The van der Waals surface area contributed by atoms with Crippen LogP contribution in [-0.2, 0) is 6.61 Å². The second-order valence-corrected chi connectivity index (χ2v) is 7.02. The van der Waals surface area contributed by atoms with Gasteiger partial charge in [-0.05, 0) is 31.4 Å². The van der Waals surface area contributed by atoms with Gasteiger partial charge < -0.3 is 14.5 Å². The van der Waals surface area contributed by atoms with Crippen LogP contribution in [0, 0.1) is 0 Å². The second-order valence-electron chi connectivity index (χ2n) is 7.02. The highest BCUT2D eigenvalue weighted by Crippen LogP contribution is 2.39. The van der Waals surface area contributed by atoms with Crippen LogP contribution in [0.3, 0.4) is 0 Å². The molecule has 5 rings (SSSR count). The number of hydrogen-bond donors (Lipinski definition) is 1. The van der Waals surface area contributed by atoms with Crippen LogP contribution in [0.1, 0.15) is 48.4 Å². The van der Waals surface area contributed by atoms with Gasteiger partial charge in [0.25, 0.3) is 0 Å². The summed E-state index contributed by atoms with van der Waals surface area (Å²) in [5.74, 6) is 3.23. The molecule has 0 radical (unpaired) electrons. The Morgan fingerprint density at radius 2 is 2.00 bits per heavy atom. The molecule has 0 spiro atoms. The first-order valence-electron chi connectivity index (χ1n) is 8.90. The number of fused-ring (bicyclic) bond motifs is 1. The number of aromatic nitrogens is 3. The molecule has 2 fully saturated rings. The average molecular weight is 336 g/mol. The molecule has 6 heteroatoms. The van der Waals surface area contributed by atoms with E-state index < -0.39 is 0 Å². The highest BCUT2D eigenvalue weighted by atomic mass is 16.5. The third-order valence-corrected chi connectivity index (χ3v) is 5.19. The van der Waals surface area contributed by atoms with Crippen LogP contribution in [0.2, 0.25) is 0 Å². The van der Waals surface area contributed by atoms with Crippen molar-refractivity contribution in [2.24, 2.45) is 0 Å². The molecular formula is C19H20N4O2. The topological polar surface area (TPSA) is 75.3 Å². The highest BCUT2D eigenvalue weighted by Gasteiger charge is 2.33. The first-order chi connectivity index (χ1) is 12.3. The Bertz CT molecular complexity index is 919. The predicted molar refractivity (Wildman–Crippen MR) is 93.5 cm³/mol. The maximum atomic E-state index is 9.78. The Morgan fingerprint density at radius 1 is 1.12 bits per heavy atom. The van der Waals surface area contributed by atoms with E-state index in [1.807, 2.05) is 30.3 Å². The highest BCUT2D eigenvalue weighted by molar-refractivity contribution is 5.81. The zero-order valence-corrected chi connectivity index (χ0v) is 13.9. The van der Waals surface area contributed by atoms with Gasteiger partial charge in [0.1, 0.15) is 5.82 Å². The lowest BCUT2D eigenvalue weighted by molar-refractivity contribution is 0.282.